The second-order valence-corrected chi connectivity index (χ2v) is 7.28. The summed E-state index contributed by atoms with van der Waals surface area (Å²) >= 11 is 0. The number of aryl methyl sites for hydroxylation is 3. The molecule has 4 rings (SSSR count). The van der Waals surface area contributed by atoms with E-state index >= 15 is 0 Å². The molecule has 0 aliphatic carbocycles. The monoisotopic (exact) mass is 397 g/mol. The lowest BCUT2D eigenvalue weighted by Gasteiger charge is -2.09. The van der Waals surface area contributed by atoms with Crippen LogP contribution in [0.5, 0.6) is 0 Å². The van der Waals surface area contributed by atoms with Gasteiger partial charge in [-0.2, -0.15) is 0 Å². The van der Waals surface area contributed by atoms with Gasteiger partial charge in [-0.15, -0.1) is 0 Å². The standard InChI is InChI=1S/C25H22N2O3/c1-16-14-22-21(15-20(16)25(29)30)19(13-12-17-8-4-2-5-9-17)23(27-22)24(28)26-18-10-6-3-7-11-18/h2-11,14-15,27H,12-13H2,1H3,(H,26,28)(H,29,30)/p-1. The number of aromatic amines is 1. The molecular weight excluding hydrogens is 376 g/mol. The summed E-state index contributed by atoms with van der Waals surface area (Å²) in [5.74, 6) is -1.48. The number of hydrogen-bond donors (Lipinski definition) is 2. The first-order valence-electron chi connectivity index (χ1n) is 9.80. The molecule has 0 saturated heterocycles. The zero-order chi connectivity index (χ0) is 21.1. The van der Waals surface area contributed by atoms with E-state index in [1.54, 1.807) is 19.1 Å². The van der Waals surface area contributed by atoms with E-state index in [2.05, 4.69) is 10.3 Å². The minimum Gasteiger partial charge on any atom is -0.545 e. The average Bonchev–Trinajstić information content (AvgIpc) is 3.10. The maximum absolute atomic E-state index is 13.0. The number of amides is 1. The molecule has 0 radical (unpaired) electrons. The van der Waals surface area contributed by atoms with Crippen molar-refractivity contribution >= 4 is 28.5 Å². The molecule has 0 aliphatic heterocycles. The SMILES string of the molecule is Cc1cc2[nH]c(C(=O)Nc3ccccc3)c(CCc3ccccc3)c2cc1C(=O)[O-]. The van der Waals surface area contributed by atoms with Crippen LogP contribution in [0, 0.1) is 6.92 Å². The molecule has 0 unspecified atom stereocenters. The molecule has 0 aliphatic rings. The maximum atomic E-state index is 13.0. The maximum Gasteiger partial charge on any atom is 0.272 e. The quantitative estimate of drug-likeness (QED) is 0.518. The van der Waals surface area contributed by atoms with Crippen molar-refractivity contribution in [1.82, 2.24) is 4.98 Å². The summed E-state index contributed by atoms with van der Waals surface area (Å²) in [6, 6.07) is 22.6. The summed E-state index contributed by atoms with van der Waals surface area (Å²) in [5, 5.41) is 15.2. The van der Waals surface area contributed by atoms with Crippen molar-refractivity contribution in [2.24, 2.45) is 0 Å². The van der Waals surface area contributed by atoms with E-state index in [9.17, 15) is 14.7 Å². The molecule has 0 fully saturated rings. The second-order valence-electron chi connectivity index (χ2n) is 7.28. The number of carboxylic acid groups (broad SMARTS) is 1. The molecule has 30 heavy (non-hydrogen) atoms. The smallest absolute Gasteiger partial charge is 0.272 e. The molecule has 1 amide bonds. The number of carbonyl (C=O) groups is 2. The highest BCUT2D eigenvalue weighted by molar-refractivity contribution is 6.08. The Bertz CT molecular complexity index is 1210. The minimum absolute atomic E-state index is 0.137. The van der Waals surface area contributed by atoms with Crippen molar-refractivity contribution in [1.29, 1.82) is 0 Å². The number of anilines is 1. The van der Waals surface area contributed by atoms with Crippen molar-refractivity contribution in [3.63, 3.8) is 0 Å². The van der Waals surface area contributed by atoms with E-state index in [1.807, 2.05) is 60.7 Å². The molecule has 4 aromatic rings. The highest BCUT2D eigenvalue weighted by atomic mass is 16.4. The normalized spacial score (nSPS) is 10.8. The summed E-state index contributed by atoms with van der Waals surface area (Å²) in [4.78, 5) is 27.8. The van der Waals surface area contributed by atoms with Crippen LogP contribution in [0.2, 0.25) is 0 Å². The fraction of sp³-hybridized carbons (Fsp3) is 0.120. The largest absolute Gasteiger partial charge is 0.545 e. The summed E-state index contributed by atoms with van der Waals surface area (Å²) in [6.45, 7) is 1.72. The van der Waals surface area contributed by atoms with Crippen LogP contribution in [0.25, 0.3) is 10.9 Å². The molecule has 2 N–H and O–H groups in total. The Balaban J connectivity index is 1.77. The number of aromatic nitrogens is 1. The van der Waals surface area contributed by atoms with Gasteiger partial charge in [-0.1, -0.05) is 48.5 Å². The van der Waals surface area contributed by atoms with Gasteiger partial charge in [0.05, 0.1) is 5.97 Å². The summed E-state index contributed by atoms with van der Waals surface area (Å²) in [5.41, 5.74) is 4.55. The fourth-order valence-corrected chi connectivity index (χ4v) is 3.71. The molecule has 1 aromatic heterocycles. The summed E-state index contributed by atoms with van der Waals surface area (Å²) in [7, 11) is 0. The number of aromatic carboxylic acids is 1. The Morgan fingerprint density at radius 3 is 2.27 bits per heavy atom. The molecule has 0 atom stereocenters. The topological polar surface area (TPSA) is 85.0 Å². The van der Waals surface area contributed by atoms with Crippen molar-refractivity contribution in [3.8, 4) is 0 Å². The van der Waals surface area contributed by atoms with Gasteiger partial charge in [0, 0.05) is 22.2 Å². The summed E-state index contributed by atoms with van der Waals surface area (Å²) in [6.07, 6.45) is 1.32. The van der Waals surface area contributed by atoms with Crippen LogP contribution in [-0.4, -0.2) is 16.9 Å². The zero-order valence-electron chi connectivity index (χ0n) is 16.6. The Kier molecular flexibility index (Phi) is 5.35. The predicted molar refractivity (Wildman–Crippen MR) is 116 cm³/mol. The number of benzene rings is 3. The molecule has 0 spiro atoms. The molecule has 5 nitrogen and oxygen atoms in total. The Morgan fingerprint density at radius 1 is 0.933 bits per heavy atom. The number of hydrogen-bond acceptors (Lipinski definition) is 3. The van der Waals surface area contributed by atoms with Crippen LogP contribution in [0.15, 0.2) is 72.8 Å². The number of para-hydroxylation sites is 1. The zero-order valence-corrected chi connectivity index (χ0v) is 16.6. The summed E-state index contributed by atoms with van der Waals surface area (Å²) < 4.78 is 0. The first kappa shape index (κ1) is 19.5. The lowest BCUT2D eigenvalue weighted by molar-refractivity contribution is -0.255. The molecular formula is C25H21N2O3-. The van der Waals surface area contributed by atoms with Crippen molar-refractivity contribution in [2.45, 2.75) is 19.8 Å². The Morgan fingerprint density at radius 2 is 1.60 bits per heavy atom. The van der Waals surface area contributed by atoms with E-state index in [-0.39, 0.29) is 11.5 Å². The van der Waals surface area contributed by atoms with Crippen LogP contribution in [0.1, 0.15) is 37.5 Å². The highest BCUT2D eigenvalue weighted by Gasteiger charge is 2.19. The van der Waals surface area contributed by atoms with E-state index in [0.717, 1.165) is 28.5 Å². The molecule has 0 saturated carbocycles. The van der Waals surface area contributed by atoms with E-state index in [1.165, 1.54) is 0 Å². The Labute approximate surface area is 174 Å². The van der Waals surface area contributed by atoms with Crippen LogP contribution in [0.3, 0.4) is 0 Å². The van der Waals surface area contributed by atoms with Crippen LogP contribution in [0.4, 0.5) is 5.69 Å². The van der Waals surface area contributed by atoms with Gasteiger partial charge >= 0.3 is 0 Å². The number of rotatable bonds is 6. The third-order valence-electron chi connectivity index (χ3n) is 5.24. The van der Waals surface area contributed by atoms with E-state index in [4.69, 9.17) is 0 Å². The van der Waals surface area contributed by atoms with E-state index in [0.29, 0.717) is 23.4 Å². The number of H-pyrrole nitrogens is 1. The molecule has 3 aromatic carbocycles. The number of carboxylic acids is 1. The molecule has 1 heterocycles. The number of nitrogens with one attached hydrogen (secondary N) is 2. The predicted octanol–water partition coefficient (Wildman–Crippen LogP) is 3.88. The van der Waals surface area contributed by atoms with Crippen LogP contribution < -0.4 is 10.4 Å². The molecule has 5 heteroatoms. The van der Waals surface area contributed by atoms with Crippen LogP contribution in [-0.2, 0) is 12.8 Å². The van der Waals surface area contributed by atoms with Crippen molar-refractivity contribution < 1.29 is 14.7 Å². The van der Waals surface area contributed by atoms with Crippen molar-refractivity contribution in [2.75, 3.05) is 5.32 Å². The first-order valence-corrected chi connectivity index (χ1v) is 9.80. The van der Waals surface area contributed by atoms with Gasteiger partial charge in [0.2, 0.25) is 0 Å². The number of fused-ring (bicyclic) bond motifs is 1. The van der Waals surface area contributed by atoms with Gasteiger partial charge in [0.15, 0.2) is 0 Å². The minimum atomic E-state index is -1.22. The van der Waals surface area contributed by atoms with Gasteiger partial charge in [0.25, 0.3) is 5.91 Å². The molecule has 150 valence electrons. The van der Waals surface area contributed by atoms with Gasteiger partial charge in [0.1, 0.15) is 5.69 Å². The third-order valence-corrected chi connectivity index (χ3v) is 5.24. The second kappa shape index (κ2) is 8.25. The molecule has 0 bridgehead atoms. The van der Waals surface area contributed by atoms with Gasteiger partial charge < -0.3 is 20.2 Å². The lowest BCUT2D eigenvalue weighted by Crippen LogP contribution is -2.23. The number of carbonyl (C=O) groups excluding carboxylic acids is 2. The van der Waals surface area contributed by atoms with Gasteiger partial charge in [-0.25, -0.2) is 0 Å². The van der Waals surface area contributed by atoms with Gasteiger partial charge in [-0.3, -0.25) is 4.79 Å². The highest BCUT2D eigenvalue weighted by Crippen LogP contribution is 2.28. The van der Waals surface area contributed by atoms with Crippen molar-refractivity contribution in [3.05, 3.63) is 101 Å². The average molecular weight is 397 g/mol. The fourth-order valence-electron chi connectivity index (χ4n) is 3.71. The van der Waals surface area contributed by atoms with Gasteiger partial charge in [-0.05, 0) is 60.7 Å². The third kappa shape index (κ3) is 3.96. The van der Waals surface area contributed by atoms with E-state index < -0.39 is 5.97 Å². The first-order chi connectivity index (χ1) is 14.5. The Hall–Kier alpha value is -3.86. The van der Waals surface area contributed by atoms with Crippen LogP contribution >= 0.6 is 0 Å². The lowest BCUT2D eigenvalue weighted by atomic mass is 9.98.